The summed E-state index contributed by atoms with van der Waals surface area (Å²) in [6.45, 7) is 11.9. The van der Waals surface area contributed by atoms with Crippen molar-refractivity contribution in [3.05, 3.63) is 23.6 Å². The summed E-state index contributed by atoms with van der Waals surface area (Å²) in [4.78, 5) is 0. The largest absolute Gasteiger partial charge is 0.497 e. The lowest BCUT2D eigenvalue weighted by molar-refractivity contribution is 0.00578. The van der Waals surface area contributed by atoms with Crippen molar-refractivity contribution in [3.8, 4) is 0 Å². The van der Waals surface area contributed by atoms with Gasteiger partial charge in [-0.3, -0.25) is 4.68 Å². The van der Waals surface area contributed by atoms with Crippen LogP contribution in [0.3, 0.4) is 0 Å². The zero-order valence-electron chi connectivity index (χ0n) is 14.9. The number of halogens is 1. The van der Waals surface area contributed by atoms with Crippen molar-refractivity contribution in [2.24, 2.45) is 7.05 Å². The molecule has 0 radical (unpaired) electrons. The van der Waals surface area contributed by atoms with Gasteiger partial charge in [-0.2, -0.15) is 5.10 Å². The molecule has 0 bridgehead atoms. The van der Waals surface area contributed by atoms with Gasteiger partial charge < -0.3 is 9.31 Å². The Morgan fingerprint density at radius 3 is 2.22 bits per heavy atom. The van der Waals surface area contributed by atoms with E-state index in [1.807, 2.05) is 54.7 Å². The molecule has 0 saturated carbocycles. The van der Waals surface area contributed by atoms with Crippen molar-refractivity contribution >= 4 is 23.5 Å². The van der Waals surface area contributed by atoms with E-state index in [4.69, 9.17) is 9.31 Å². The van der Waals surface area contributed by atoms with Gasteiger partial charge in [-0.05, 0) is 39.7 Å². The number of fused-ring (bicyclic) bond motifs is 1. The summed E-state index contributed by atoms with van der Waals surface area (Å²) in [6.07, 6.45) is 0. The predicted molar refractivity (Wildman–Crippen MR) is 90.5 cm³/mol. The second-order valence-corrected chi connectivity index (χ2v) is 7.61. The van der Waals surface area contributed by atoms with Gasteiger partial charge in [0.05, 0.1) is 27.8 Å². The molecule has 1 saturated heterocycles. The van der Waals surface area contributed by atoms with Crippen molar-refractivity contribution in [2.75, 3.05) is 0 Å². The van der Waals surface area contributed by atoms with Crippen LogP contribution in [0.4, 0.5) is 4.39 Å². The molecule has 1 fully saturated rings. The third-order valence-corrected chi connectivity index (χ3v) is 5.07. The highest BCUT2D eigenvalue weighted by Gasteiger charge is 2.52. The van der Waals surface area contributed by atoms with Gasteiger partial charge in [0, 0.05) is 12.5 Å². The Kier molecular flexibility index (Phi) is 3.61. The second kappa shape index (κ2) is 5.05. The Balaban J connectivity index is 2.14. The van der Waals surface area contributed by atoms with E-state index in [1.165, 1.54) is 0 Å². The Morgan fingerprint density at radius 2 is 1.70 bits per heavy atom. The predicted octanol–water partition coefficient (Wildman–Crippen LogP) is 3.14. The third kappa shape index (κ3) is 2.39. The molecule has 23 heavy (non-hydrogen) atoms. The van der Waals surface area contributed by atoms with Crippen LogP contribution >= 0.6 is 0 Å². The smallest absolute Gasteiger partial charge is 0.399 e. The van der Waals surface area contributed by atoms with Crippen molar-refractivity contribution in [3.63, 3.8) is 0 Å². The minimum Gasteiger partial charge on any atom is -0.399 e. The van der Waals surface area contributed by atoms with Gasteiger partial charge in [0.1, 0.15) is 5.82 Å². The maximum Gasteiger partial charge on any atom is 0.497 e. The van der Waals surface area contributed by atoms with E-state index < -0.39 is 18.3 Å². The van der Waals surface area contributed by atoms with Gasteiger partial charge in [-0.25, -0.2) is 4.39 Å². The van der Waals surface area contributed by atoms with Crippen molar-refractivity contribution in [2.45, 2.75) is 58.7 Å². The van der Waals surface area contributed by atoms with Gasteiger partial charge in [0.15, 0.2) is 0 Å². The lowest BCUT2D eigenvalue weighted by atomic mass is 9.77. The van der Waals surface area contributed by atoms with Crippen LogP contribution in [-0.2, 0) is 16.4 Å². The summed E-state index contributed by atoms with van der Waals surface area (Å²) in [5.41, 5.74) is 1.000. The molecule has 0 N–H and O–H groups in total. The van der Waals surface area contributed by atoms with Gasteiger partial charge >= 0.3 is 7.12 Å². The fourth-order valence-electron chi connectivity index (χ4n) is 3.10. The molecule has 1 aliphatic rings. The standard InChI is InChI=1S/C17H24BFN2O2/c1-10(2)15-13-12(20-21(15)7)9-8-11(14(13)19)18-22-16(3,4)17(5,6)23-18/h8-10H,1-7H3. The van der Waals surface area contributed by atoms with Crippen LogP contribution in [0.15, 0.2) is 12.1 Å². The van der Waals surface area contributed by atoms with E-state index in [0.717, 1.165) is 5.69 Å². The van der Waals surface area contributed by atoms with E-state index >= 15 is 4.39 Å². The van der Waals surface area contributed by atoms with Crippen molar-refractivity contribution < 1.29 is 13.7 Å². The monoisotopic (exact) mass is 318 g/mol. The normalized spacial score (nSPS) is 20.0. The molecule has 1 aromatic carbocycles. The Hall–Kier alpha value is -1.40. The van der Waals surface area contributed by atoms with E-state index in [0.29, 0.717) is 16.4 Å². The number of hydrogen-bond acceptors (Lipinski definition) is 3. The number of aromatic nitrogens is 2. The second-order valence-electron chi connectivity index (χ2n) is 7.61. The maximum absolute atomic E-state index is 15.2. The molecule has 1 aromatic heterocycles. The molecule has 0 atom stereocenters. The molecule has 1 aliphatic heterocycles. The number of rotatable bonds is 2. The van der Waals surface area contributed by atoms with E-state index in [9.17, 15) is 0 Å². The summed E-state index contributed by atoms with van der Waals surface area (Å²) < 4.78 is 29.0. The SMILES string of the molecule is CC(C)c1c2c(F)c(B3OC(C)(C)C(C)(C)O3)ccc2nn1C. The quantitative estimate of drug-likeness (QED) is 0.798. The zero-order valence-corrected chi connectivity index (χ0v) is 14.9. The first kappa shape index (κ1) is 16.5. The van der Waals surface area contributed by atoms with Crippen LogP contribution in [0.1, 0.15) is 53.2 Å². The summed E-state index contributed by atoms with van der Waals surface area (Å²) in [6, 6.07) is 3.56. The van der Waals surface area contributed by atoms with Crippen molar-refractivity contribution in [1.82, 2.24) is 9.78 Å². The Labute approximate surface area is 137 Å². The van der Waals surface area contributed by atoms with Crippen LogP contribution in [0, 0.1) is 5.82 Å². The van der Waals surface area contributed by atoms with Gasteiger partial charge in [0.25, 0.3) is 0 Å². The molecule has 0 amide bonds. The number of benzene rings is 1. The topological polar surface area (TPSA) is 36.3 Å². The minimum atomic E-state index is -0.704. The molecule has 6 heteroatoms. The third-order valence-electron chi connectivity index (χ3n) is 5.07. The molecule has 3 rings (SSSR count). The number of nitrogens with zero attached hydrogens (tertiary/aromatic N) is 2. The van der Waals surface area contributed by atoms with Crippen LogP contribution in [0.2, 0.25) is 0 Å². The fraction of sp³-hybridized carbons (Fsp3) is 0.588. The first-order chi connectivity index (χ1) is 10.5. The van der Waals surface area contributed by atoms with Gasteiger partial charge in [-0.15, -0.1) is 0 Å². The lowest BCUT2D eigenvalue weighted by Crippen LogP contribution is -2.41. The van der Waals surface area contributed by atoms with Gasteiger partial charge in [-0.1, -0.05) is 19.9 Å². The first-order valence-corrected chi connectivity index (χ1v) is 8.06. The molecule has 0 spiro atoms. The van der Waals surface area contributed by atoms with Crippen LogP contribution in [0.25, 0.3) is 10.9 Å². The molecule has 2 aromatic rings. The first-order valence-electron chi connectivity index (χ1n) is 8.06. The summed E-state index contributed by atoms with van der Waals surface area (Å²) in [5, 5.41) is 4.98. The highest BCUT2D eigenvalue weighted by Crippen LogP contribution is 2.37. The molecule has 2 heterocycles. The van der Waals surface area contributed by atoms with Gasteiger partial charge in [0.2, 0.25) is 0 Å². The molecule has 0 unspecified atom stereocenters. The van der Waals surface area contributed by atoms with Crippen LogP contribution < -0.4 is 5.46 Å². The zero-order chi connectivity index (χ0) is 17.2. The van der Waals surface area contributed by atoms with E-state index in [-0.39, 0.29) is 11.7 Å². The Bertz CT molecular complexity index is 752. The number of aryl methyl sites for hydroxylation is 1. The lowest BCUT2D eigenvalue weighted by Gasteiger charge is -2.32. The van der Waals surface area contributed by atoms with E-state index in [1.54, 1.807) is 10.7 Å². The van der Waals surface area contributed by atoms with E-state index in [2.05, 4.69) is 5.10 Å². The highest BCUT2D eigenvalue weighted by molar-refractivity contribution is 6.62. The summed E-state index contributed by atoms with van der Waals surface area (Å²) >= 11 is 0. The van der Waals surface area contributed by atoms with Crippen LogP contribution in [0.5, 0.6) is 0 Å². The molecule has 0 aliphatic carbocycles. The molecule has 4 nitrogen and oxygen atoms in total. The highest BCUT2D eigenvalue weighted by atomic mass is 19.1. The fourth-order valence-corrected chi connectivity index (χ4v) is 3.10. The summed E-state index contributed by atoms with van der Waals surface area (Å²) in [5.74, 6) is -0.120. The number of hydrogen-bond donors (Lipinski definition) is 0. The van der Waals surface area contributed by atoms with Crippen LogP contribution in [-0.4, -0.2) is 28.1 Å². The van der Waals surface area contributed by atoms with Crippen molar-refractivity contribution in [1.29, 1.82) is 0 Å². The average molecular weight is 318 g/mol. The molecular weight excluding hydrogens is 294 g/mol. The Morgan fingerprint density at radius 1 is 1.13 bits per heavy atom. The molecule has 124 valence electrons. The average Bonchev–Trinajstić information content (AvgIpc) is 2.84. The molecular formula is C17H24BFN2O2. The summed E-state index contributed by atoms with van der Waals surface area (Å²) in [7, 11) is 1.15. The minimum absolute atomic E-state index is 0.174. The maximum atomic E-state index is 15.2.